The van der Waals surface area contributed by atoms with Crippen LogP contribution in [0.5, 0.6) is 0 Å². The normalized spacial score (nSPS) is 13.0. The van der Waals surface area contributed by atoms with Gasteiger partial charge in [0.15, 0.2) is 11.0 Å². The summed E-state index contributed by atoms with van der Waals surface area (Å²) in [6, 6.07) is 21.3. The van der Waals surface area contributed by atoms with Crippen LogP contribution in [0.15, 0.2) is 82.0 Å². The molecule has 1 aliphatic rings. The Bertz CT molecular complexity index is 1440. The van der Waals surface area contributed by atoms with E-state index in [4.69, 9.17) is 4.42 Å². The van der Waals surface area contributed by atoms with Crippen molar-refractivity contribution in [3.8, 4) is 11.3 Å². The lowest BCUT2D eigenvalue weighted by Gasteiger charge is -2.11. The van der Waals surface area contributed by atoms with Crippen molar-refractivity contribution in [2.75, 3.05) is 5.32 Å². The van der Waals surface area contributed by atoms with Gasteiger partial charge < -0.3 is 15.1 Å². The molecule has 1 aromatic heterocycles. The van der Waals surface area contributed by atoms with Gasteiger partial charge in [-0.3, -0.25) is 14.4 Å². The maximum atomic E-state index is 13.2. The topological polar surface area (TPSA) is 88.4 Å². The monoisotopic (exact) mass is 438 g/mol. The van der Waals surface area contributed by atoms with E-state index in [1.165, 1.54) is 0 Å². The highest BCUT2D eigenvalue weighted by atomic mass is 16.3. The summed E-state index contributed by atoms with van der Waals surface area (Å²) in [6.07, 6.45) is 2.00. The molecule has 6 heteroatoms. The molecule has 4 aromatic rings. The molecular weight excluding hydrogens is 416 g/mol. The van der Waals surface area contributed by atoms with Crippen LogP contribution < -0.4 is 16.1 Å². The summed E-state index contributed by atoms with van der Waals surface area (Å²) in [6.45, 7) is 1.72. The second-order valence-electron chi connectivity index (χ2n) is 8.22. The number of anilines is 1. The van der Waals surface area contributed by atoms with Crippen molar-refractivity contribution in [1.29, 1.82) is 0 Å². The summed E-state index contributed by atoms with van der Waals surface area (Å²) in [5.41, 5.74) is 2.51. The summed E-state index contributed by atoms with van der Waals surface area (Å²) in [5.74, 6) is -0.147. The highest BCUT2D eigenvalue weighted by Crippen LogP contribution is 2.28. The first-order valence-electron chi connectivity index (χ1n) is 10.9. The number of hydrogen-bond donors (Lipinski definition) is 2. The fourth-order valence-electron chi connectivity index (χ4n) is 3.79. The zero-order valence-electron chi connectivity index (χ0n) is 18.1. The first-order chi connectivity index (χ1) is 16.0. The first kappa shape index (κ1) is 20.7. The summed E-state index contributed by atoms with van der Waals surface area (Å²) in [4.78, 5) is 38.5. The second kappa shape index (κ2) is 8.39. The van der Waals surface area contributed by atoms with Crippen molar-refractivity contribution in [3.05, 3.63) is 99.7 Å². The van der Waals surface area contributed by atoms with E-state index in [0.717, 1.165) is 18.4 Å². The highest BCUT2D eigenvalue weighted by molar-refractivity contribution is 6.11. The molecule has 0 aliphatic heterocycles. The van der Waals surface area contributed by atoms with Crippen LogP contribution in [-0.4, -0.2) is 17.9 Å². The molecule has 1 aliphatic carbocycles. The zero-order valence-corrected chi connectivity index (χ0v) is 18.1. The number of fused-ring (bicyclic) bond motifs is 1. The molecule has 0 spiro atoms. The van der Waals surface area contributed by atoms with Crippen LogP contribution in [0.2, 0.25) is 0 Å². The molecule has 5 rings (SSSR count). The number of rotatable bonds is 5. The molecule has 3 aromatic carbocycles. The number of carbonyl (C=O) groups excluding carboxylic acids is 2. The molecule has 0 unspecified atom stereocenters. The minimum atomic E-state index is -0.425. The molecule has 2 N–H and O–H groups in total. The van der Waals surface area contributed by atoms with Gasteiger partial charge in [0.2, 0.25) is 0 Å². The molecule has 1 saturated carbocycles. The third kappa shape index (κ3) is 4.15. The van der Waals surface area contributed by atoms with Gasteiger partial charge in [0.1, 0.15) is 5.76 Å². The Morgan fingerprint density at radius 2 is 1.67 bits per heavy atom. The maximum Gasteiger partial charge on any atom is 0.259 e. The molecule has 1 heterocycles. The number of hydrogen-bond acceptors (Lipinski definition) is 4. The average Bonchev–Trinajstić information content (AvgIpc) is 3.65. The summed E-state index contributed by atoms with van der Waals surface area (Å²) in [5, 5.41) is 6.11. The Balaban J connectivity index is 1.51. The fourth-order valence-corrected chi connectivity index (χ4v) is 3.79. The Kier molecular flexibility index (Phi) is 5.26. The van der Waals surface area contributed by atoms with Gasteiger partial charge in [-0.05, 0) is 50.1 Å². The van der Waals surface area contributed by atoms with E-state index >= 15 is 0 Å². The van der Waals surface area contributed by atoms with Crippen LogP contribution in [0.1, 0.15) is 39.1 Å². The van der Waals surface area contributed by atoms with Gasteiger partial charge in [-0.25, -0.2) is 0 Å². The van der Waals surface area contributed by atoms with Crippen molar-refractivity contribution in [1.82, 2.24) is 5.32 Å². The van der Waals surface area contributed by atoms with Crippen molar-refractivity contribution in [2.45, 2.75) is 25.8 Å². The molecule has 33 heavy (non-hydrogen) atoms. The number of amides is 2. The van der Waals surface area contributed by atoms with Crippen molar-refractivity contribution >= 4 is 28.5 Å². The molecule has 1 fully saturated rings. The number of carbonyl (C=O) groups is 2. The Hall–Kier alpha value is -4.19. The largest absolute Gasteiger partial charge is 0.455 e. The van der Waals surface area contributed by atoms with Crippen LogP contribution in [-0.2, 0) is 0 Å². The molecule has 6 nitrogen and oxygen atoms in total. The van der Waals surface area contributed by atoms with E-state index in [2.05, 4.69) is 10.6 Å². The molecule has 164 valence electrons. The predicted octanol–water partition coefficient (Wildman–Crippen LogP) is 4.91. The van der Waals surface area contributed by atoms with E-state index in [1.54, 1.807) is 49.4 Å². The number of para-hydroxylation sites is 1. The summed E-state index contributed by atoms with van der Waals surface area (Å²) >= 11 is 0. The van der Waals surface area contributed by atoms with Crippen molar-refractivity contribution in [3.63, 3.8) is 0 Å². The third-order valence-corrected chi connectivity index (χ3v) is 5.72. The average molecular weight is 438 g/mol. The van der Waals surface area contributed by atoms with Gasteiger partial charge in [-0.1, -0.05) is 42.5 Å². The van der Waals surface area contributed by atoms with Crippen LogP contribution in [0, 0.1) is 6.92 Å². The summed E-state index contributed by atoms with van der Waals surface area (Å²) in [7, 11) is 0. The SMILES string of the molecule is Cc1c(-c2ccccc2)oc2c(C(=O)Nc3cccc(C(=O)NC4CC4)c3)cccc2c1=O. The molecule has 0 bridgehead atoms. The summed E-state index contributed by atoms with van der Waals surface area (Å²) < 4.78 is 6.14. The van der Waals surface area contributed by atoms with Gasteiger partial charge in [-0.15, -0.1) is 0 Å². The first-order valence-corrected chi connectivity index (χ1v) is 10.9. The predicted molar refractivity (Wildman–Crippen MR) is 128 cm³/mol. The third-order valence-electron chi connectivity index (χ3n) is 5.72. The Morgan fingerprint density at radius 3 is 2.42 bits per heavy atom. The standard InChI is InChI=1S/C27H22N2O4/c1-16-23(30)21-11-6-12-22(25(21)33-24(16)17-7-3-2-4-8-17)27(32)29-20-10-5-9-18(15-20)26(31)28-19-13-14-19/h2-12,15,19H,13-14H2,1H3,(H,28,31)(H,29,32). The lowest BCUT2D eigenvalue weighted by Crippen LogP contribution is -2.25. The van der Waals surface area contributed by atoms with Crippen LogP contribution >= 0.6 is 0 Å². The van der Waals surface area contributed by atoms with Gasteiger partial charge in [-0.2, -0.15) is 0 Å². The second-order valence-corrected chi connectivity index (χ2v) is 8.22. The number of nitrogens with one attached hydrogen (secondary N) is 2. The van der Waals surface area contributed by atoms with Crippen LogP contribution in [0.4, 0.5) is 5.69 Å². The molecule has 2 amide bonds. The minimum absolute atomic E-state index is 0.160. The molecular formula is C27H22N2O4. The van der Waals surface area contributed by atoms with Crippen molar-refractivity contribution < 1.29 is 14.0 Å². The van der Waals surface area contributed by atoms with E-state index < -0.39 is 5.91 Å². The van der Waals surface area contributed by atoms with Crippen LogP contribution in [0.25, 0.3) is 22.3 Å². The molecule has 0 atom stereocenters. The minimum Gasteiger partial charge on any atom is -0.455 e. The van der Waals surface area contributed by atoms with E-state index in [9.17, 15) is 14.4 Å². The maximum absolute atomic E-state index is 13.2. The number of benzene rings is 3. The fraction of sp³-hybridized carbons (Fsp3) is 0.148. The Morgan fingerprint density at radius 1 is 0.909 bits per heavy atom. The Labute approximate surface area is 190 Å². The molecule has 0 radical (unpaired) electrons. The smallest absolute Gasteiger partial charge is 0.259 e. The van der Waals surface area contributed by atoms with Gasteiger partial charge in [0.25, 0.3) is 11.8 Å². The van der Waals surface area contributed by atoms with Gasteiger partial charge in [0, 0.05) is 28.4 Å². The van der Waals surface area contributed by atoms with Crippen molar-refractivity contribution in [2.24, 2.45) is 0 Å². The van der Waals surface area contributed by atoms with E-state index in [1.807, 2.05) is 30.3 Å². The zero-order chi connectivity index (χ0) is 22.9. The quantitative estimate of drug-likeness (QED) is 0.463. The highest BCUT2D eigenvalue weighted by Gasteiger charge is 2.24. The molecule has 0 saturated heterocycles. The lowest BCUT2D eigenvalue weighted by atomic mass is 10.0. The van der Waals surface area contributed by atoms with Gasteiger partial charge >= 0.3 is 0 Å². The lowest BCUT2D eigenvalue weighted by molar-refractivity contribution is 0.0949. The van der Waals surface area contributed by atoms with E-state index in [0.29, 0.717) is 28.0 Å². The van der Waals surface area contributed by atoms with Gasteiger partial charge in [0.05, 0.1) is 10.9 Å². The van der Waals surface area contributed by atoms with Crippen LogP contribution in [0.3, 0.4) is 0 Å². The van der Waals surface area contributed by atoms with E-state index in [-0.39, 0.29) is 28.5 Å².